The summed E-state index contributed by atoms with van der Waals surface area (Å²) in [6, 6.07) is 20.3. The molecular formula is C24H20N4O. The molecule has 0 spiro atoms. The Morgan fingerprint density at radius 1 is 0.931 bits per heavy atom. The van der Waals surface area contributed by atoms with Crippen molar-refractivity contribution in [1.29, 1.82) is 0 Å². The zero-order chi connectivity index (χ0) is 19.8. The smallest absolute Gasteiger partial charge is 0.226 e. The Bertz CT molecular complexity index is 1300. The van der Waals surface area contributed by atoms with Crippen molar-refractivity contribution in [2.24, 2.45) is 0 Å². The molecule has 0 radical (unpaired) electrons. The lowest BCUT2D eigenvalue weighted by molar-refractivity contribution is 0.587. The van der Waals surface area contributed by atoms with Gasteiger partial charge in [-0.2, -0.15) is 0 Å². The molecule has 0 saturated heterocycles. The fourth-order valence-corrected chi connectivity index (χ4v) is 3.55. The van der Waals surface area contributed by atoms with Gasteiger partial charge in [-0.05, 0) is 73.5 Å². The van der Waals surface area contributed by atoms with E-state index in [4.69, 9.17) is 9.40 Å². The van der Waals surface area contributed by atoms with Crippen LogP contribution in [0.3, 0.4) is 0 Å². The number of fused-ring (bicyclic) bond motifs is 1. The second-order valence-electron chi connectivity index (χ2n) is 7.22. The predicted octanol–water partition coefficient (Wildman–Crippen LogP) is 6.25. The van der Waals surface area contributed by atoms with E-state index >= 15 is 0 Å². The van der Waals surface area contributed by atoms with Crippen LogP contribution in [0, 0.1) is 13.8 Å². The van der Waals surface area contributed by atoms with E-state index < -0.39 is 0 Å². The molecule has 5 nitrogen and oxygen atoms in total. The molecule has 3 heterocycles. The number of aryl methyl sites for hydroxylation is 2. The highest BCUT2D eigenvalue weighted by molar-refractivity contribution is 5.83. The summed E-state index contributed by atoms with van der Waals surface area (Å²) in [6.07, 6.45) is 3.65. The van der Waals surface area contributed by atoms with Gasteiger partial charge in [0, 0.05) is 28.4 Å². The molecule has 0 bridgehead atoms. The molecule has 3 aromatic heterocycles. The third-order valence-electron chi connectivity index (χ3n) is 4.80. The van der Waals surface area contributed by atoms with Crippen LogP contribution in [0.15, 0.2) is 77.5 Å². The van der Waals surface area contributed by atoms with Crippen molar-refractivity contribution in [1.82, 2.24) is 15.0 Å². The first-order chi connectivity index (χ1) is 14.1. The number of H-pyrrole nitrogens is 1. The SMILES string of the molecule is Cc1cc(C)cc(Nc2cccc(-c3cnc(-c4ccc5[nH]ccc5c4)o3)n2)c1. The minimum atomic E-state index is 0.581. The maximum Gasteiger partial charge on any atom is 0.226 e. The fourth-order valence-electron chi connectivity index (χ4n) is 3.55. The molecule has 0 aliphatic carbocycles. The van der Waals surface area contributed by atoms with Gasteiger partial charge < -0.3 is 14.7 Å². The molecule has 0 fully saturated rings. The third-order valence-corrected chi connectivity index (χ3v) is 4.80. The molecule has 5 heteroatoms. The molecule has 0 aliphatic rings. The highest BCUT2D eigenvalue weighted by atomic mass is 16.4. The highest BCUT2D eigenvalue weighted by Gasteiger charge is 2.11. The second-order valence-corrected chi connectivity index (χ2v) is 7.22. The number of nitrogens with zero attached hydrogens (tertiary/aromatic N) is 2. The molecule has 142 valence electrons. The van der Waals surface area contributed by atoms with E-state index in [1.807, 2.05) is 42.6 Å². The number of hydrogen-bond donors (Lipinski definition) is 2. The van der Waals surface area contributed by atoms with Crippen LogP contribution >= 0.6 is 0 Å². The molecule has 2 aromatic carbocycles. The Hall–Kier alpha value is -3.86. The van der Waals surface area contributed by atoms with Gasteiger partial charge in [-0.25, -0.2) is 9.97 Å². The summed E-state index contributed by atoms with van der Waals surface area (Å²) < 4.78 is 6.01. The summed E-state index contributed by atoms with van der Waals surface area (Å²) in [5, 5.41) is 4.50. The summed E-state index contributed by atoms with van der Waals surface area (Å²) in [4.78, 5) is 12.3. The van der Waals surface area contributed by atoms with Crippen LogP contribution in [0.1, 0.15) is 11.1 Å². The number of aromatic nitrogens is 3. The summed E-state index contributed by atoms with van der Waals surface area (Å²) in [7, 11) is 0. The molecule has 2 N–H and O–H groups in total. The standard InChI is InChI=1S/C24H20N4O/c1-15-10-16(2)12-19(11-15)27-23-5-3-4-21(28-23)22-14-26-24(29-22)18-6-7-20-17(13-18)8-9-25-20/h3-14,25H,1-2H3,(H,27,28). The normalized spacial score (nSPS) is 11.1. The van der Waals surface area contributed by atoms with Crippen molar-refractivity contribution in [2.75, 3.05) is 5.32 Å². The van der Waals surface area contributed by atoms with Gasteiger partial charge in [-0.1, -0.05) is 12.1 Å². The number of aromatic amines is 1. The number of pyridine rings is 1. The van der Waals surface area contributed by atoms with Crippen molar-refractivity contribution in [2.45, 2.75) is 13.8 Å². The maximum absolute atomic E-state index is 6.01. The predicted molar refractivity (Wildman–Crippen MR) is 116 cm³/mol. The van der Waals surface area contributed by atoms with Crippen LogP contribution in [0.25, 0.3) is 33.8 Å². The van der Waals surface area contributed by atoms with Gasteiger partial charge in [-0.15, -0.1) is 0 Å². The van der Waals surface area contributed by atoms with E-state index in [1.54, 1.807) is 6.20 Å². The van der Waals surface area contributed by atoms with E-state index in [0.717, 1.165) is 33.7 Å². The van der Waals surface area contributed by atoms with E-state index in [1.165, 1.54) is 11.1 Å². The Kier molecular flexibility index (Phi) is 4.13. The fraction of sp³-hybridized carbons (Fsp3) is 0.0833. The van der Waals surface area contributed by atoms with E-state index in [2.05, 4.69) is 53.4 Å². The summed E-state index contributed by atoms with van der Waals surface area (Å²) in [6.45, 7) is 4.17. The van der Waals surface area contributed by atoms with Gasteiger partial charge in [0.25, 0.3) is 0 Å². The van der Waals surface area contributed by atoms with Gasteiger partial charge in [0.1, 0.15) is 11.5 Å². The lowest BCUT2D eigenvalue weighted by atomic mass is 10.1. The van der Waals surface area contributed by atoms with Gasteiger partial charge in [-0.3, -0.25) is 0 Å². The van der Waals surface area contributed by atoms with E-state index in [0.29, 0.717) is 11.7 Å². The van der Waals surface area contributed by atoms with Crippen LogP contribution in [0.5, 0.6) is 0 Å². The molecule has 5 rings (SSSR count). The number of nitrogens with one attached hydrogen (secondary N) is 2. The quantitative estimate of drug-likeness (QED) is 0.387. The Labute approximate surface area is 168 Å². The lowest BCUT2D eigenvalue weighted by Gasteiger charge is -2.08. The molecule has 0 atom stereocenters. The molecule has 29 heavy (non-hydrogen) atoms. The average Bonchev–Trinajstić information content (AvgIpc) is 3.36. The van der Waals surface area contributed by atoms with E-state index in [-0.39, 0.29) is 0 Å². The highest BCUT2D eigenvalue weighted by Crippen LogP contribution is 2.28. The second kappa shape index (κ2) is 6.95. The molecule has 0 aliphatic heterocycles. The number of oxazole rings is 1. The monoisotopic (exact) mass is 380 g/mol. The number of benzene rings is 2. The topological polar surface area (TPSA) is 66.7 Å². The van der Waals surface area contributed by atoms with Crippen LogP contribution in [-0.2, 0) is 0 Å². The van der Waals surface area contributed by atoms with Crippen molar-refractivity contribution in [3.63, 3.8) is 0 Å². The minimum Gasteiger partial charge on any atom is -0.434 e. The largest absolute Gasteiger partial charge is 0.434 e. The van der Waals surface area contributed by atoms with Crippen molar-refractivity contribution in [3.05, 3.63) is 84.2 Å². The molecule has 0 amide bonds. The van der Waals surface area contributed by atoms with Crippen molar-refractivity contribution >= 4 is 22.4 Å². The minimum absolute atomic E-state index is 0.581. The van der Waals surface area contributed by atoms with Gasteiger partial charge >= 0.3 is 0 Å². The first kappa shape index (κ1) is 17.3. The first-order valence-corrected chi connectivity index (χ1v) is 9.50. The van der Waals surface area contributed by atoms with Crippen LogP contribution in [-0.4, -0.2) is 15.0 Å². The third kappa shape index (κ3) is 3.50. The van der Waals surface area contributed by atoms with Crippen molar-refractivity contribution in [3.8, 4) is 22.9 Å². The summed E-state index contributed by atoms with van der Waals surface area (Å²) in [5.74, 6) is 1.98. The average molecular weight is 380 g/mol. The Morgan fingerprint density at radius 2 is 1.79 bits per heavy atom. The molecule has 0 saturated carbocycles. The summed E-state index contributed by atoms with van der Waals surface area (Å²) >= 11 is 0. The van der Waals surface area contributed by atoms with Gasteiger partial charge in [0.15, 0.2) is 5.76 Å². The number of rotatable bonds is 4. The van der Waals surface area contributed by atoms with E-state index in [9.17, 15) is 0 Å². The van der Waals surface area contributed by atoms with Gasteiger partial charge in [0.05, 0.1) is 6.20 Å². The first-order valence-electron chi connectivity index (χ1n) is 9.50. The maximum atomic E-state index is 6.01. The Balaban J connectivity index is 1.43. The van der Waals surface area contributed by atoms with Gasteiger partial charge in [0.2, 0.25) is 5.89 Å². The lowest BCUT2D eigenvalue weighted by Crippen LogP contribution is -1.95. The van der Waals surface area contributed by atoms with Crippen LogP contribution in [0.2, 0.25) is 0 Å². The summed E-state index contributed by atoms with van der Waals surface area (Å²) in [5.41, 5.74) is 6.21. The Morgan fingerprint density at radius 3 is 2.66 bits per heavy atom. The van der Waals surface area contributed by atoms with Crippen LogP contribution in [0.4, 0.5) is 11.5 Å². The molecule has 5 aromatic rings. The zero-order valence-corrected chi connectivity index (χ0v) is 16.2. The van der Waals surface area contributed by atoms with Crippen LogP contribution < -0.4 is 5.32 Å². The van der Waals surface area contributed by atoms with Crippen molar-refractivity contribution < 1.29 is 4.42 Å². The number of hydrogen-bond acceptors (Lipinski definition) is 4. The zero-order valence-electron chi connectivity index (χ0n) is 16.2. The molecular weight excluding hydrogens is 360 g/mol. The number of anilines is 2. The molecule has 0 unspecified atom stereocenters.